The van der Waals surface area contributed by atoms with Crippen LogP contribution in [0, 0.1) is 0 Å². The third-order valence-electron chi connectivity index (χ3n) is 5.62. The van der Waals surface area contributed by atoms with E-state index in [1.165, 1.54) is 41.3 Å². The van der Waals surface area contributed by atoms with Crippen LogP contribution in [0.4, 0.5) is 5.82 Å². The lowest BCUT2D eigenvalue weighted by molar-refractivity contribution is 0.573. The van der Waals surface area contributed by atoms with Gasteiger partial charge in [-0.2, -0.15) is 0 Å². The third-order valence-corrected chi connectivity index (χ3v) is 5.62. The highest BCUT2D eigenvalue weighted by molar-refractivity contribution is 14.0. The van der Waals surface area contributed by atoms with Gasteiger partial charge in [0.1, 0.15) is 5.82 Å². The van der Waals surface area contributed by atoms with Gasteiger partial charge in [-0.15, -0.1) is 24.0 Å². The van der Waals surface area contributed by atoms with Gasteiger partial charge in [0.2, 0.25) is 0 Å². The Morgan fingerprint density at radius 2 is 1.97 bits per heavy atom. The van der Waals surface area contributed by atoms with E-state index in [4.69, 9.17) is 4.99 Å². The predicted octanol–water partition coefficient (Wildman–Crippen LogP) is 4.47. The van der Waals surface area contributed by atoms with E-state index in [2.05, 4.69) is 75.0 Å². The molecule has 1 aromatic carbocycles. The number of para-hydroxylation sites is 1. The molecule has 166 valence electrons. The van der Waals surface area contributed by atoms with Crippen molar-refractivity contribution in [1.29, 1.82) is 0 Å². The number of aliphatic imine (C=N–C) groups is 1. The molecular formula is C24H33IN6. The van der Waals surface area contributed by atoms with Crippen molar-refractivity contribution in [2.45, 2.75) is 39.2 Å². The SMILES string of the molecule is CCNC(=NCc1ccnc(N2CCCCC2)c1)NCCc1c[nH]c2ccccc12.I. The second-order valence-electron chi connectivity index (χ2n) is 7.80. The summed E-state index contributed by atoms with van der Waals surface area (Å²) in [5.41, 5.74) is 3.71. The molecule has 0 spiro atoms. The maximum atomic E-state index is 4.79. The first-order chi connectivity index (χ1) is 14.8. The van der Waals surface area contributed by atoms with Gasteiger partial charge in [-0.1, -0.05) is 18.2 Å². The van der Waals surface area contributed by atoms with Crippen LogP contribution in [0.25, 0.3) is 10.9 Å². The molecule has 1 saturated heterocycles. The van der Waals surface area contributed by atoms with Gasteiger partial charge in [0.15, 0.2) is 5.96 Å². The Balaban J connectivity index is 0.00000272. The lowest BCUT2D eigenvalue weighted by Gasteiger charge is -2.27. The molecule has 31 heavy (non-hydrogen) atoms. The van der Waals surface area contributed by atoms with E-state index in [1.807, 2.05) is 6.20 Å². The van der Waals surface area contributed by atoms with Crippen LogP contribution in [-0.4, -0.2) is 42.1 Å². The fourth-order valence-corrected chi connectivity index (χ4v) is 4.02. The van der Waals surface area contributed by atoms with Crippen molar-refractivity contribution in [2.24, 2.45) is 4.99 Å². The molecule has 4 rings (SSSR count). The number of pyridine rings is 1. The zero-order valence-corrected chi connectivity index (χ0v) is 20.6. The number of hydrogen-bond acceptors (Lipinski definition) is 3. The Labute approximate surface area is 202 Å². The van der Waals surface area contributed by atoms with Crippen molar-refractivity contribution in [2.75, 3.05) is 31.1 Å². The minimum atomic E-state index is 0. The number of halogens is 1. The van der Waals surface area contributed by atoms with Crippen LogP contribution >= 0.6 is 24.0 Å². The molecule has 3 N–H and O–H groups in total. The Kier molecular flexibility index (Phi) is 8.99. The predicted molar refractivity (Wildman–Crippen MR) is 141 cm³/mol. The topological polar surface area (TPSA) is 68.3 Å². The summed E-state index contributed by atoms with van der Waals surface area (Å²) in [5, 5.41) is 8.12. The minimum Gasteiger partial charge on any atom is -0.361 e. The van der Waals surface area contributed by atoms with E-state index in [9.17, 15) is 0 Å². The highest BCUT2D eigenvalue weighted by Crippen LogP contribution is 2.19. The number of hydrogen-bond donors (Lipinski definition) is 3. The molecule has 0 radical (unpaired) electrons. The summed E-state index contributed by atoms with van der Waals surface area (Å²) < 4.78 is 0. The van der Waals surface area contributed by atoms with Crippen LogP contribution in [0.2, 0.25) is 0 Å². The standard InChI is InChI=1S/C24H32N6.HI/c1-2-25-24(27-13-11-20-18-28-22-9-5-4-8-21(20)22)29-17-19-10-12-26-23(16-19)30-14-6-3-7-15-30;/h4-5,8-10,12,16,18,28H,2-3,6-7,11,13-15,17H2,1H3,(H2,25,27,29);1H. The third kappa shape index (κ3) is 6.35. The van der Waals surface area contributed by atoms with E-state index in [0.29, 0.717) is 6.54 Å². The summed E-state index contributed by atoms with van der Waals surface area (Å²) >= 11 is 0. The highest BCUT2D eigenvalue weighted by Gasteiger charge is 2.12. The fraction of sp³-hybridized carbons (Fsp3) is 0.417. The number of guanidine groups is 1. The van der Waals surface area contributed by atoms with Crippen molar-refractivity contribution < 1.29 is 0 Å². The average molecular weight is 532 g/mol. The first-order valence-electron chi connectivity index (χ1n) is 11.1. The normalized spacial score (nSPS) is 14.4. The minimum absolute atomic E-state index is 0. The van der Waals surface area contributed by atoms with Crippen LogP contribution in [0.1, 0.15) is 37.3 Å². The Morgan fingerprint density at radius 3 is 2.81 bits per heavy atom. The van der Waals surface area contributed by atoms with Crippen molar-refractivity contribution in [1.82, 2.24) is 20.6 Å². The van der Waals surface area contributed by atoms with Crippen LogP contribution in [0.3, 0.4) is 0 Å². The first kappa shape index (κ1) is 23.4. The van der Waals surface area contributed by atoms with Gasteiger partial charge >= 0.3 is 0 Å². The zero-order chi connectivity index (χ0) is 20.6. The molecule has 1 aliphatic rings. The van der Waals surface area contributed by atoms with E-state index in [1.54, 1.807) is 0 Å². The summed E-state index contributed by atoms with van der Waals surface area (Å²) in [7, 11) is 0. The van der Waals surface area contributed by atoms with Gasteiger partial charge in [0.05, 0.1) is 6.54 Å². The summed E-state index contributed by atoms with van der Waals surface area (Å²) in [5.74, 6) is 1.94. The Hall–Kier alpha value is -2.29. The van der Waals surface area contributed by atoms with Crippen LogP contribution in [0.15, 0.2) is 53.8 Å². The molecule has 7 heteroatoms. The highest BCUT2D eigenvalue weighted by atomic mass is 127. The summed E-state index contributed by atoms with van der Waals surface area (Å²) in [6.07, 6.45) is 8.81. The molecular weight excluding hydrogens is 499 g/mol. The van der Waals surface area contributed by atoms with Crippen molar-refractivity contribution in [3.8, 4) is 0 Å². The number of benzene rings is 1. The molecule has 3 aromatic rings. The number of nitrogens with zero attached hydrogens (tertiary/aromatic N) is 3. The largest absolute Gasteiger partial charge is 0.361 e. The number of piperidine rings is 1. The molecule has 6 nitrogen and oxygen atoms in total. The van der Waals surface area contributed by atoms with Gasteiger partial charge in [0, 0.05) is 49.5 Å². The van der Waals surface area contributed by atoms with Crippen molar-refractivity contribution >= 4 is 46.7 Å². The maximum absolute atomic E-state index is 4.79. The van der Waals surface area contributed by atoms with Gasteiger partial charge in [-0.3, -0.25) is 0 Å². The number of fused-ring (bicyclic) bond motifs is 1. The Morgan fingerprint density at radius 1 is 1.13 bits per heavy atom. The van der Waals surface area contributed by atoms with Gasteiger partial charge in [-0.05, 0) is 61.9 Å². The smallest absolute Gasteiger partial charge is 0.191 e. The molecule has 0 aliphatic carbocycles. The number of nitrogens with one attached hydrogen (secondary N) is 3. The molecule has 1 aliphatic heterocycles. The maximum Gasteiger partial charge on any atom is 0.191 e. The molecule has 0 amide bonds. The molecule has 1 fully saturated rings. The zero-order valence-electron chi connectivity index (χ0n) is 18.2. The summed E-state index contributed by atoms with van der Waals surface area (Å²) in [6, 6.07) is 12.7. The van der Waals surface area contributed by atoms with Crippen LogP contribution < -0.4 is 15.5 Å². The molecule has 0 bridgehead atoms. The van der Waals surface area contributed by atoms with Crippen molar-refractivity contribution in [3.63, 3.8) is 0 Å². The number of aromatic amines is 1. The fourth-order valence-electron chi connectivity index (χ4n) is 4.02. The van der Waals surface area contributed by atoms with Crippen molar-refractivity contribution in [3.05, 3.63) is 59.9 Å². The molecule has 0 saturated carbocycles. The number of rotatable bonds is 7. The van der Waals surface area contributed by atoms with Gasteiger partial charge in [0.25, 0.3) is 0 Å². The lowest BCUT2D eigenvalue weighted by atomic mass is 10.1. The number of anilines is 1. The average Bonchev–Trinajstić information content (AvgIpc) is 3.21. The second kappa shape index (κ2) is 11.9. The van der Waals surface area contributed by atoms with E-state index in [0.717, 1.165) is 44.4 Å². The van der Waals surface area contributed by atoms with E-state index < -0.39 is 0 Å². The van der Waals surface area contributed by atoms with E-state index >= 15 is 0 Å². The number of H-pyrrole nitrogens is 1. The summed E-state index contributed by atoms with van der Waals surface area (Å²) in [6.45, 7) is 6.64. The molecule has 2 aromatic heterocycles. The molecule has 3 heterocycles. The first-order valence-corrected chi connectivity index (χ1v) is 11.1. The molecule has 0 atom stereocenters. The summed E-state index contributed by atoms with van der Waals surface area (Å²) in [4.78, 5) is 15.1. The Bertz CT molecular complexity index is 977. The lowest BCUT2D eigenvalue weighted by Crippen LogP contribution is -2.38. The van der Waals surface area contributed by atoms with E-state index in [-0.39, 0.29) is 24.0 Å². The van der Waals surface area contributed by atoms with Crippen LogP contribution in [0.5, 0.6) is 0 Å². The molecule has 0 unspecified atom stereocenters. The van der Waals surface area contributed by atoms with Crippen LogP contribution in [-0.2, 0) is 13.0 Å². The second-order valence-corrected chi connectivity index (χ2v) is 7.80. The monoisotopic (exact) mass is 532 g/mol. The van der Waals surface area contributed by atoms with Gasteiger partial charge < -0.3 is 20.5 Å². The van der Waals surface area contributed by atoms with Gasteiger partial charge in [-0.25, -0.2) is 9.98 Å². The quantitative estimate of drug-likeness (QED) is 0.239. The number of aromatic nitrogens is 2.